The summed E-state index contributed by atoms with van der Waals surface area (Å²) in [7, 11) is 0. The molecule has 4 heteroatoms. The molecule has 2 rings (SSSR count). The van der Waals surface area contributed by atoms with Crippen LogP contribution in [0, 0.1) is 0 Å². The van der Waals surface area contributed by atoms with Crippen LogP contribution < -0.4 is 0 Å². The topological polar surface area (TPSA) is 51.2 Å². The molecule has 0 aliphatic rings. The molecule has 4 nitrogen and oxygen atoms in total. The fraction of sp³-hybridized carbons (Fsp3) is 0.364. The summed E-state index contributed by atoms with van der Waals surface area (Å²) in [5, 5.41) is 10.0. The first kappa shape index (κ1) is 9.98. The minimum Gasteiger partial charge on any atom is -0.466 e. The maximum Gasteiger partial charge on any atom is 0.153 e. The van der Waals surface area contributed by atoms with Gasteiger partial charge >= 0.3 is 0 Å². The molecule has 1 atom stereocenters. The van der Waals surface area contributed by atoms with Crippen LogP contribution in [0.1, 0.15) is 30.9 Å². The fourth-order valence-corrected chi connectivity index (χ4v) is 1.58. The van der Waals surface area contributed by atoms with Gasteiger partial charge in [0.15, 0.2) is 6.10 Å². The van der Waals surface area contributed by atoms with E-state index in [1.807, 2.05) is 4.57 Å². The average Bonchev–Trinajstić information content (AvgIpc) is 2.87. The number of nitrogens with zero attached hydrogens (tertiary/aromatic N) is 2. The van der Waals surface area contributed by atoms with E-state index in [1.54, 1.807) is 30.9 Å². The van der Waals surface area contributed by atoms with Gasteiger partial charge in [-0.15, -0.1) is 0 Å². The van der Waals surface area contributed by atoms with Crippen LogP contribution in [-0.2, 0) is 6.54 Å². The molecule has 15 heavy (non-hydrogen) atoms. The molecule has 0 fully saturated rings. The zero-order chi connectivity index (χ0) is 10.7. The highest BCUT2D eigenvalue weighted by molar-refractivity contribution is 5.15. The van der Waals surface area contributed by atoms with E-state index in [2.05, 4.69) is 11.9 Å². The molecule has 0 spiro atoms. The lowest BCUT2D eigenvalue weighted by molar-refractivity contribution is 0.180. The Hall–Kier alpha value is -1.55. The second-order valence-corrected chi connectivity index (χ2v) is 3.43. The molecule has 0 bridgehead atoms. The normalized spacial score (nSPS) is 12.9. The maximum atomic E-state index is 10.0. The molecule has 0 aromatic carbocycles. The van der Waals surface area contributed by atoms with Crippen molar-refractivity contribution in [1.29, 1.82) is 0 Å². The Morgan fingerprint density at radius 3 is 3.13 bits per heavy atom. The Balaban J connectivity index is 2.25. The molecular formula is C11H14N2O2. The van der Waals surface area contributed by atoms with Gasteiger partial charge in [0.2, 0.25) is 0 Å². The number of hydrogen-bond donors (Lipinski definition) is 1. The van der Waals surface area contributed by atoms with Crippen molar-refractivity contribution >= 4 is 0 Å². The van der Waals surface area contributed by atoms with Gasteiger partial charge in [0.05, 0.1) is 24.5 Å². The predicted molar refractivity (Wildman–Crippen MR) is 55.3 cm³/mol. The smallest absolute Gasteiger partial charge is 0.153 e. The molecule has 2 aromatic rings. The molecule has 2 heterocycles. The third kappa shape index (κ3) is 1.94. The van der Waals surface area contributed by atoms with Gasteiger partial charge in [-0.2, -0.15) is 0 Å². The molecule has 0 aliphatic carbocycles. The summed E-state index contributed by atoms with van der Waals surface area (Å²) in [6.45, 7) is 2.94. The highest BCUT2D eigenvalue weighted by Crippen LogP contribution is 2.21. The van der Waals surface area contributed by atoms with E-state index in [0.29, 0.717) is 5.76 Å². The van der Waals surface area contributed by atoms with Crippen LogP contribution in [0.5, 0.6) is 0 Å². The van der Waals surface area contributed by atoms with Crippen molar-refractivity contribution in [2.75, 3.05) is 0 Å². The van der Waals surface area contributed by atoms with Crippen LogP contribution in [0.2, 0.25) is 0 Å². The zero-order valence-electron chi connectivity index (χ0n) is 8.63. The molecule has 80 valence electrons. The van der Waals surface area contributed by atoms with Crippen LogP contribution in [0.3, 0.4) is 0 Å². The summed E-state index contributed by atoms with van der Waals surface area (Å²) in [5.74, 6) is 0.549. The quantitative estimate of drug-likeness (QED) is 0.832. The van der Waals surface area contributed by atoms with Crippen LogP contribution in [0.25, 0.3) is 0 Å². The van der Waals surface area contributed by atoms with Crippen molar-refractivity contribution < 1.29 is 9.52 Å². The van der Waals surface area contributed by atoms with Crippen molar-refractivity contribution in [2.45, 2.75) is 26.0 Å². The largest absolute Gasteiger partial charge is 0.466 e. The second kappa shape index (κ2) is 4.31. The van der Waals surface area contributed by atoms with Crippen LogP contribution >= 0.6 is 0 Å². The van der Waals surface area contributed by atoms with E-state index in [-0.39, 0.29) is 0 Å². The summed E-state index contributed by atoms with van der Waals surface area (Å²) >= 11 is 0. The van der Waals surface area contributed by atoms with E-state index < -0.39 is 6.10 Å². The second-order valence-electron chi connectivity index (χ2n) is 3.43. The molecule has 0 saturated carbocycles. The van der Waals surface area contributed by atoms with E-state index in [1.165, 1.54) is 0 Å². The lowest BCUT2D eigenvalue weighted by Gasteiger charge is -2.10. The average molecular weight is 206 g/mol. The SMILES string of the molecule is CCCn1cncc1C(O)c1ccco1. The van der Waals surface area contributed by atoms with Crippen LogP contribution in [0.4, 0.5) is 0 Å². The Morgan fingerprint density at radius 2 is 2.47 bits per heavy atom. The predicted octanol–water partition coefficient (Wildman–Crippen LogP) is 1.97. The van der Waals surface area contributed by atoms with Gasteiger partial charge in [0.1, 0.15) is 5.76 Å². The number of rotatable bonds is 4. The van der Waals surface area contributed by atoms with Gasteiger partial charge in [-0.1, -0.05) is 6.92 Å². The molecule has 0 radical (unpaired) electrons. The highest BCUT2D eigenvalue weighted by Gasteiger charge is 2.16. The minimum absolute atomic E-state index is 0.549. The zero-order valence-corrected chi connectivity index (χ0v) is 8.63. The number of imidazole rings is 1. The fourth-order valence-electron chi connectivity index (χ4n) is 1.58. The Labute approximate surface area is 88.2 Å². The van der Waals surface area contributed by atoms with Crippen molar-refractivity contribution in [3.8, 4) is 0 Å². The summed E-state index contributed by atoms with van der Waals surface area (Å²) in [6, 6.07) is 3.52. The molecular weight excluding hydrogens is 192 g/mol. The summed E-state index contributed by atoms with van der Waals surface area (Å²) in [4.78, 5) is 4.03. The van der Waals surface area contributed by atoms with Crippen molar-refractivity contribution in [3.05, 3.63) is 42.4 Å². The first-order valence-electron chi connectivity index (χ1n) is 5.04. The summed E-state index contributed by atoms with van der Waals surface area (Å²) < 4.78 is 7.10. The number of aliphatic hydroxyl groups excluding tert-OH is 1. The molecule has 0 aliphatic heterocycles. The first-order valence-corrected chi connectivity index (χ1v) is 5.04. The first-order chi connectivity index (χ1) is 7.33. The monoisotopic (exact) mass is 206 g/mol. The molecule has 1 N–H and O–H groups in total. The minimum atomic E-state index is -0.728. The van der Waals surface area contributed by atoms with Gasteiger partial charge in [-0.25, -0.2) is 4.98 Å². The lowest BCUT2D eigenvalue weighted by Crippen LogP contribution is -2.07. The molecule has 2 aromatic heterocycles. The standard InChI is InChI=1S/C11H14N2O2/c1-2-5-13-8-12-7-9(13)11(14)10-4-3-6-15-10/h3-4,6-8,11,14H,2,5H2,1H3. The number of aliphatic hydroxyl groups is 1. The Bertz CT molecular complexity index is 406. The van der Waals surface area contributed by atoms with Crippen molar-refractivity contribution in [3.63, 3.8) is 0 Å². The third-order valence-electron chi connectivity index (χ3n) is 2.30. The lowest BCUT2D eigenvalue weighted by atomic mass is 10.2. The van der Waals surface area contributed by atoms with Gasteiger partial charge in [0, 0.05) is 6.54 Å². The number of aromatic nitrogens is 2. The van der Waals surface area contributed by atoms with E-state index >= 15 is 0 Å². The van der Waals surface area contributed by atoms with E-state index in [9.17, 15) is 5.11 Å². The van der Waals surface area contributed by atoms with Gasteiger partial charge in [-0.05, 0) is 18.6 Å². The summed E-state index contributed by atoms with van der Waals surface area (Å²) in [6.07, 6.45) is 5.23. The maximum absolute atomic E-state index is 10.0. The Kier molecular flexibility index (Phi) is 2.87. The van der Waals surface area contributed by atoms with Crippen molar-refractivity contribution in [2.24, 2.45) is 0 Å². The summed E-state index contributed by atoms with van der Waals surface area (Å²) in [5.41, 5.74) is 0.770. The van der Waals surface area contributed by atoms with Crippen LogP contribution in [-0.4, -0.2) is 14.7 Å². The van der Waals surface area contributed by atoms with Crippen LogP contribution in [0.15, 0.2) is 35.3 Å². The van der Waals surface area contributed by atoms with Gasteiger partial charge < -0.3 is 14.1 Å². The number of furan rings is 1. The number of aryl methyl sites for hydroxylation is 1. The molecule has 1 unspecified atom stereocenters. The number of hydrogen-bond acceptors (Lipinski definition) is 3. The molecule has 0 amide bonds. The van der Waals surface area contributed by atoms with Gasteiger partial charge in [-0.3, -0.25) is 0 Å². The third-order valence-corrected chi connectivity index (χ3v) is 2.30. The van der Waals surface area contributed by atoms with E-state index in [0.717, 1.165) is 18.7 Å². The molecule has 0 saturated heterocycles. The van der Waals surface area contributed by atoms with Crippen molar-refractivity contribution in [1.82, 2.24) is 9.55 Å². The van der Waals surface area contributed by atoms with Gasteiger partial charge in [0.25, 0.3) is 0 Å². The highest BCUT2D eigenvalue weighted by atomic mass is 16.4. The Morgan fingerprint density at radius 1 is 1.60 bits per heavy atom. The van der Waals surface area contributed by atoms with E-state index in [4.69, 9.17) is 4.42 Å².